The van der Waals surface area contributed by atoms with Crippen molar-refractivity contribution in [2.45, 2.75) is 25.7 Å². The number of fused-ring (bicyclic) bond motifs is 1. The molecule has 1 atom stereocenters. The fourth-order valence-corrected chi connectivity index (χ4v) is 4.61. The minimum absolute atomic E-state index is 0.0323. The molecule has 5 rings (SSSR count). The van der Waals surface area contributed by atoms with E-state index in [-0.39, 0.29) is 12.1 Å². The van der Waals surface area contributed by atoms with E-state index in [1.54, 1.807) is 37.4 Å². The second kappa shape index (κ2) is 10.7. The van der Waals surface area contributed by atoms with Crippen molar-refractivity contribution in [3.8, 4) is 11.1 Å². The summed E-state index contributed by atoms with van der Waals surface area (Å²) in [4.78, 5) is 24.9. The highest BCUT2D eigenvalue weighted by Gasteiger charge is 2.30. The zero-order valence-corrected chi connectivity index (χ0v) is 21.3. The maximum absolute atomic E-state index is 13.7. The first-order valence-corrected chi connectivity index (χ1v) is 12.5. The molecule has 0 radical (unpaired) electrons. The third-order valence-electron chi connectivity index (χ3n) is 6.68. The highest BCUT2D eigenvalue weighted by atomic mass is 19.4. The number of alkyl halides is 3. The minimum atomic E-state index is -4.48. The van der Waals surface area contributed by atoms with Gasteiger partial charge in [0, 0.05) is 5.39 Å². The number of carbonyl (C=O) groups excluding carboxylic acids is 1. The van der Waals surface area contributed by atoms with Gasteiger partial charge in [-0.3, -0.25) is 9.48 Å². The second-order valence-corrected chi connectivity index (χ2v) is 9.45. The van der Waals surface area contributed by atoms with Gasteiger partial charge in [-0.1, -0.05) is 54.6 Å². The molecule has 0 bridgehead atoms. The summed E-state index contributed by atoms with van der Waals surface area (Å²) in [7, 11) is 0. The molecule has 202 valence electrons. The number of aromatic nitrogens is 2. The second-order valence-electron chi connectivity index (χ2n) is 9.45. The number of amides is 1. The maximum atomic E-state index is 13.7. The molecule has 0 spiro atoms. The first-order chi connectivity index (χ1) is 19.1. The molecule has 1 heterocycles. The van der Waals surface area contributed by atoms with Crippen molar-refractivity contribution in [1.29, 1.82) is 0 Å². The Morgan fingerprint density at radius 2 is 1.65 bits per heavy atom. The van der Waals surface area contributed by atoms with Gasteiger partial charge in [0.25, 0.3) is 5.91 Å². The van der Waals surface area contributed by atoms with Crippen LogP contribution in [0.5, 0.6) is 0 Å². The topological polar surface area (TPSA) is 84.2 Å². The summed E-state index contributed by atoms with van der Waals surface area (Å²) in [6, 6.07) is 23.9. The molecule has 0 fully saturated rings. The number of carbonyl (C=O) groups is 2. The van der Waals surface area contributed by atoms with Crippen LogP contribution in [0.15, 0.2) is 97.2 Å². The van der Waals surface area contributed by atoms with Crippen LogP contribution in [0.4, 0.5) is 13.2 Å². The third kappa shape index (κ3) is 5.58. The lowest BCUT2D eigenvalue weighted by atomic mass is 9.99. The van der Waals surface area contributed by atoms with E-state index in [1.807, 2.05) is 36.4 Å². The standard InChI is InChI=1S/C31H24F3N3O3/c1-19(21-10-12-23(13-11-21)30(39)40)36-29(38)27-16-24(22-7-3-2-4-8-22)15-25-17-35-37(28(25)27)18-20-6-5-9-26(14-20)31(32,33)34/h2-17,19H,18H2,1H3,(H,36,38)(H,39,40)/t19-/m0/s1. The molecular weight excluding hydrogens is 519 g/mol. The van der Waals surface area contributed by atoms with Crippen molar-refractivity contribution in [2.24, 2.45) is 0 Å². The van der Waals surface area contributed by atoms with Crippen LogP contribution >= 0.6 is 0 Å². The van der Waals surface area contributed by atoms with Gasteiger partial charge in [0.05, 0.1) is 41.0 Å². The number of nitrogens with zero attached hydrogens (tertiary/aromatic N) is 2. The summed E-state index contributed by atoms with van der Waals surface area (Å²) in [5.41, 5.74) is 2.97. The zero-order chi connectivity index (χ0) is 28.4. The largest absolute Gasteiger partial charge is 0.478 e. The predicted molar refractivity (Wildman–Crippen MR) is 145 cm³/mol. The van der Waals surface area contributed by atoms with Gasteiger partial charge < -0.3 is 10.4 Å². The summed E-state index contributed by atoms with van der Waals surface area (Å²) >= 11 is 0. The average Bonchev–Trinajstić information content (AvgIpc) is 3.35. The molecule has 9 heteroatoms. The first-order valence-electron chi connectivity index (χ1n) is 12.5. The van der Waals surface area contributed by atoms with Gasteiger partial charge in [-0.2, -0.15) is 18.3 Å². The Morgan fingerprint density at radius 3 is 2.33 bits per heavy atom. The van der Waals surface area contributed by atoms with Crippen molar-refractivity contribution < 1.29 is 27.9 Å². The SMILES string of the molecule is C[C@H](NC(=O)c1cc(-c2ccccc2)cc2cnn(Cc3cccc(C(F)(F)F)c3)c12)c1ccc(C(=O)O)cc1. The van der Waals surface area contributed by atoms with E-state index in [9.17, 15) is 22.8 Å². The number of rotatable bonds is 7. The quantitative estimate of drug-likeness (QED) is 0.232. The molecule has 6 nitrogen and oxygen atoms in total. The highest BCUT2D eigenvalue weighted by Crippen LogP contribution is 2.31. The van der Waals surface area contributed by atoms with Crippen LogP contribution in [0, 0.1) is 0 Å². The van der Waals surface area contributed by atoms with Gasteiger partial charge in [0.1, 0.15) is 0 Å². The molecule has 40 heavy (non-hydrogen) atoms. The van der Waals surface area contributed by atoms with Gasteiger partial charge >= 0.3 is 12.1 Å². The Kier molecular flexibility index (Phi) is 7.13. The number of carboxylic acids is 1. The van der Waals surface area contributed by atoms with E-state index in [0.717, 1.165) is 23.3 Å². The molecule has 0 saturated carbocycles. The highest BCUT2D eigenvalue weighted by molar-refractivity contribution is 6.07. The van der Waals surface area contributed by atoms with Crippen LogP contribution in [0.3, 0.4) is 0 Å². The zero-order valence-electron chi connectivity index (χ0n) is 21.3. The van der Waals surface area contributed by atoms with Gasteiger partial charge in [-0.25, -0.2) is 4.79 Å². The Morgan fingerprint density at radius 1 is 0.925 bits per heavy atom. The molecular formula is C31H24F3N3O3. The van der Waals surface area contributed by atoms with E-state index in [1.165, 1.54) is 22.9 Å². The van der Waals surface area contributed by atoms with Crippen LogP contribution in [-0.2, 0) is 12.7 Å². The summed E-state index contributed by atoms with van der Waals surface area (Å²) < 4.78 is 41.4. The van der Waals surface area contributed by atoms with Gasteiger partial charge in [0.2, 0.25) is 0 Å². The fraction of sp³-hybridized carbons (Fsp3) is 0.129. The number of aromatic carboxylic acids is 1. The van der Waals surface area contributed by atoms with E-state index in [0.29, 0.717) is 27.6 Å². The smallest absolute Gasteiger partial charge is 0.416 e. The maximum Gasteiger partial charge on any atom is 0.416 e. The number of benzene rings is 4. The lowest BCUT2D eigenvalue weighted by molar-refractivity contribution is -0.137. The van der Waals surface area contributed by atoms with Crippen molar-refractivity contribution in [1.82, 2.24) is 15.1 Å². The summed E-state index contributed by atoms with van der Waals surface area (Å²) in [6.45, 7) is 1.82. The van der Waals surface area contributed by atoms with Gasteiger partial charge in [0.15, 0.2) is 0 Å². The van der Waals surface area contributed by atoms with Gasteiger partial charge in [-0.05, 0) is 65.6 Å². The van der Waals surface area contributed by atoms with Crippen molar-refractivity contribution >= 4 is 22.8 Å². The molecule has 0 aliphatic heterocycles. The van der Waals surface area contributed by atoms with E-state index >= 15 is 0 Å². The summed E-state index contributed by atoms with van der Waals surface area (Å²) in [5.74, 6) is -1.44. The predicted octanol–water partition coefficient (Wildman–Crippen LogP) is 6.96. The van der Waals surface area contributed by atoms with Crippen molar-refractivity contribution in [3.63, 3.8) is 0 Å². The number of halogens is 3. The molecule has 0 saturated heterocycles. The first kappa shape index (κ1) is 26.7. The summed E-state index contributed by atoms with van der Waals surface area (Å²) in [5, 5.41) is 17.2. The Hall–Kier alpha value is -4.92. The normalized spacial score (nSPS) is 12.3. The molecule has 4 aromatic carbocycles. The number of hydrogen-bond acceptors (Lipinski definition) is 3. The third-order valence-corrected chi connectivity index (χ3v) is 6.68. The van der Waals surface area contributed by atoms with Crippen LogP contribution in [0.2, 0.25) is 0 Å². The van der Waals surface area contributed by atoms with Crippen LogP contribution < -0.4 is 5.32 Å². The molecule has 0 unspecified atom stereocenters. The number of carboxylic acid groups (broad SMARTS) is 1. The Labute approximate surface area is 227 Å². The lowest BCUT2D eigenvalue weighted by Gasteiger charge is -2.17. The molecule has 0 aliphatic rings. The monoisotopic (exact) mass is 543 g/mol. The van der Waals surface area contributed by atoms with Crippen LogP contribution in [-0.4, -0.2) is 26.8 Å². The fourth-order valence-electron chi connectivity index (χ4n) is 4.61. The Bertz CT molecular complexity index is 1690. The van der Waals surface area contributed by atoms with E-state index < -0.39 is 29.7 Å². The van der Waals surface area contributed by atoms with Gasteiger partial charge in [-0.15, -0.1) is 0 Å². The number of nitrogens with one attached hydrogen (secondary N) is 1. The Balaban J connectivity index is 1.54. The minimum Gasteiger partial charge on any atom is -0.478 e. The summed E-state index contributed by atoms with van der Waals surface area (Å²) in [6.07, 6.45) is -2.88. The number of hydrogen-bond donors (Lipinski definition) is 2. The van der Waals surface area contributed by atoms with E-state index in [4.69, 9.17) is 5.11 Å². The van der Waals surface area contributed by atoms with E-state index in [2.05, 4.69) is 10.4 Å². The van der Waals surface area contributed by atoms with Crippen LogP contribution in [0.1, 0.15) is 50.4 Å². The van der Waals surface area contributed by atoms with Crippen molar-refractivity contribution in [3.05, 3.63) is 125 Å². The molecule has 1 aromatic heterocycles. The lowest BCUT2D eigenvalue weighted by Crippen LogP contribution is -2.27. The average molecular weight is 544 g/mol. The van der Waals surface area contributed by atoms with Crippen molar-refractivity contribution in [2.75, 3.05) is 0 Å². The molecule has 2 N–H and O–H groups in total. The van der Waals surface area contributed by atoms with Crippen LogP contribution in [0.25, 0.3) is 22.0 Å². The molecule has 0 aliphatic carbocycles. The molecule has 1 amide bonds. The molecule has 5 aromatic rings.